The minimum absolute atomic E-state index is 0.0645. The number of nitrogens with one attached hydrogen (secondary N) is 1. The molecule has 1 heterocycles. The molecule has 0 aliphatic rings. The quantitative estimate of drug-likeness (QED) is 0.804. The van der Waals surface area contributed by atoms with E-state index in [0.29, 0.717) is 17.7 Å². The number of carbonyl (C=O) groups excluding carboxylic acids is 1. The van der Waals surface area contributed by atoms with Gasteiger partial charge in [-0.05, 0) is 32.8 Å². The van der Waals surface area contributed by atoms with Crippen LogP contribution in [-0.4, -0.2) is 23.2 Å². The lowest BCUT2D eigenvalue weighted by atomic mass is 9.94. The number of rotatable bonds is 5. The first-order chi connectivity index (χ1) is 7.52. The predicted molar refractivity (Wildman–Crippen MR) is 61.3 cm³/mol. The first kappa shape index (κ1) is 12.8. The number of hydrogen-bond donors (Lipinski definition) is 2. The van der Waals surface area contributed by atoms with Gasteiger partial charge < -0.3 is 14.8 Å². The van der Waals surface area contributed by atoms with E-state index >= 15 is 0 Å². The molecule has 0 saturated heterocycles. The van der Waals surface area contributed by atoms with Crippen LogP contribution in [0, 0.1) is 6.92 Å². The number of aliphatic hydroxyl groups excluding tert-OH is 1. The van der Waals surface area contributed by atoms with E-state index in [9.17, 15) is 4.79 Å². The highest BCUT2D eigenvalue weighted by Crippen LogP contribution is 2.16. The topological polar surface area (TPSA) is 62.5 Å². The van der Waals surface area contributed by atoms with E-state index < -0.39 is 0 Å². The van der Waals surface area contributed by atoms with Crippen molar-refractivity contribution in [2.75, 3.05) is 6.61 Å². The summed E-state index contributed by atoms with van der Waals surface area (Å²) in [5.74, 6) is 0.462. The Bertz CT molecular complexity index is 359. The molecule has 1 atom stereocenters. The first-order valence-corrected chi connectivity index (χ1v) is 5.50. The average Bonchev–Trinajstić information content (AvgIpc) is 2.65. The number of hydrogen-bond acceptors (Lipinski definition) is 3. The van der Waals surface area contributed by atoms with E-state index in [0.717, 1.165) is 6.42 Å². The molecule has 1 rings (SSSR count). The third-order valence-electron chi connectivity index (χ3n) is 2.96. The molecule has 1 aromatic rings. The molecule has 0 bridgehead atoms. The summed E-state index contributed by atoms with van der Waals surface area (Å²) >= 11 is 0. The van der Waals surface area contributed by atoms with Gasteiger partial charge in [0.1, 0.15) is 5.76 Å². The van der Waals surface area contributed by atoms with Crippen LogP contribution in [0.15, 0.2) is 16.7 Å². The van der Waals surface area contributed by atoms with Gasteiger partial charge in [0.15, 0.2) is 0 Å². The number of aliphatic hydroxyl groups is 1. The van der Waals surface area contributed by atoms with Gasteiger partial charge in [0.05, 0.1) is 11.8 Å². The largest absolute Gasteiger partial charge is 0.469 e. The second-order valence-electron chi connectivity index (χ2n) is 4.23. The third kappa shape index (κ3) is 2.85. The molecule has 0 fully saturated rings. The highest BCUT2D eigenvalue weighted by molar-refractivity contribution is 5.95. The maximum absolute atomic E-state index is 11.9. The Morgan fingerprint density at radius 1 is 1.62 bits per heavy atom. The summed E-state index contributed by atoms with van der Waals surface area (Å²) in [5.41, 5.74) is 0.188. The van der Waals surface area contributed by atoms with Crippen LogP contribution in [0.4, 0.5) is 0 Å². The lowest BCUT2D eigenvalue weighted by Gasteiger charge is -2.28. The predicted octanol–water partition coefficient (Wildman–Crippen LogP) is 1.87. The standard InChI is InChI=1S/C12H19NO3/c1-4-12(3,6-7-14)13-11(15)10-5-8-16-9(10)2/h5,8,14H,4,6-7H2,1-3H3,(H,13,15). The van der Waals surface area contributed by atoms with Crippen molar-refractivity contribution in [3.8, 4) is 0 Å². The Labute approximate surface area is 95.7 Å². The van der Waals surface area contributed by atoms with Gasteiger partial charge in [-0.25, -0.2) is 0 Å². The molecular formula is C12H19NO3. The maximum Gasteiger partial charge on any atom is 0.255 e. The minimum atomic E-state index is -0.366. The highest BCUT2D eigenvalue weighted by Gasteiger charge is 2.25. The summed E-state index contributed by atoms with van der Waals surface area (Å²) in [6.07, 6.45) is 2.82. The zero-order valence-corrected chi connectivity index (χ0v) is 10.0. The Kier molecular flexibility index (Phi) is 4.12. The van der Waals surface area contributed by atoms with Crippen molar-refractivity contribution in [2.24, 2.45) is 0 Å². The molecule has 0 saturated carbocycles. The van der Waals surface area contributed by atoms with Crippen LogP contribution in [0.25, 0.3) is 0 Å². The molecule has 1 unspecified atom stereocenters. The highest BCUT2D eigenvalue weighted by atomic mass is 16.3. The maximum atomic E-state index is 11.9. The van der Waals surface area contributed by atoms with Gasteiger partial charge in [-0.1, -0.05) is 6.92 Å². The summed E-state index contributed by atoms with van der Waals surface area (Å²) in [6.45, 7) is 5.73. The fourth-order valence-corrected chi connectivity index (χ4v) is 1.54. The van der Waals surface area contributed by atoms with Crippen LogP contribution in [0.1, 0.15) is 42.8 Å². The van der Waals surface area contributed by atoms with E-state index in [1.807, 2.05) is 13.8 Å². The fourth-order valence-electron chi connectivity index (χ4n) is 1.54. The van der Waals surface area contributed by atoms with E-state index in [-0.39, 0.29) is 18.1 Å². The van der Waals surface area contributed by atoms with Crippen LogP contribution in [0.5, 0.6) is 0 Å². The van der Waals surface area contributed by atoms with Gasteiger partial charge in [-0.2, -0.15) is 0 Å². The van der Waals surface area contributed by atoms with Crippen molar-refractivity contribution in [3.63, 3.8) is 0 Å². The van der Waals surface area contributed by atoms with E-state index in [1.165, 1.54) is 6.26 Å². The second-order valence-corrected chi connectivity index (χ2v) is 4.23. The summed E-state index contributed by atoms with van der Waals surface area (Å²) < 4.78 is 5.08. The summed E-state index contributed by atoms with van der Waals surface area (Å²) in [5, 5.41) is 11.9. The SMILES string of the molecule is CCC(C)(CCO)NC(=O)c1ccoc1C. The second kappa shape index (κ2) is 5.16. The van der Waals surface area contributed by atoms with Gasteiger partial charge >= 0.3 is 0 Å². The Hall–Kier alpha value is -1.29. The lowest BCUT2D eigenvalue weighted by molar-refractivity contribution is 0.0884. The summed E-state index contributed by atoms with van der Waals surface area (Å²) in [6, 6.07) is 1.65. The summed E-state index contributed by atoms with van der Waals surface area (Å²) in [7, 11) is 0. The van der Waals surface area contributed by atoms with Crippen molar-refractivity contribution < 1.29 is 14.3 Å². The molecule has 0 aliphatic carbocycles. The van der Waals surface area contributed by atoms with Crippen LogP contribution < -0.4 is 5.32 Å². The molecular weight excluding hydrogens is 206 g/mol. The van der Waals surface area contributed by atoms with Crippen molar-refractivity contribution >= 4 is 5.91 Å². The van der Waals surface area contributed by atoms with Crippen LogP contribution in [-0.2, 0) is 0 Å². The molecule has 4 nitrogen and oxygen atoms in total. The molecule has 90 valence electrons. The van der Waals surface area contributed by atoms with Gasteiger partial charge in [-0.15, -0.1) is 0 Å². The zero-order valence-electron chi connectivity index (χ0n) is 10.0. The number of furan rings is 1. The Morgan fingerprint density at radius 3 is 2.75 bits per heavy atom. The molecule has 1 amide bonds. The normalized spacial score (nSPS) is 14.5. The molecule has 0 radical (unpaired) electrons. The Balaban J connectivity index is 2.73. The fraction of sp³-hybridized carbons (Fsp3) is 0.583. The van der Waals surface area contributed by atoms with Gasteiger partial charge in [-0.3, -0.25) is 4.79 Å². The molecule has 16 heavy (non-hydrogen) atoms. The number of aryl methyl sites for hydroxylation is 1. The van der Waals surface area contributed by atoms with Gasteiger partial charge in [0, 0.05) is 12.1 Å². The van der Waals surface area contributed by atoms with Crippen molar-refractivity contribution in [1.29, 1.82) is 0 Å². The van der Waals surface area contributed by atoms with Crippen LogP contribution in [0.3, 0.4) is 0 Å². The first-order valence-electron chi connectivity index (χ1n) is 5.50. The number of carbonyl (C=O) groups is 1. The molecule has 1 aromatic heterocycles. The number of amides is 1. The van der Waals surface area contributed by atoms with Gasteiger partial charge in [0.25, 0.3) is 5.91 Å². The molecule has 0 aliphatic heterocycles. The summed E-state index contributed by atoms with van der Waals surface area (Å²) in [4.78, 5) is 11.9. The van der Waals surface area contributed by atoms with Crippen LogP contribution in [0.2, 0.25) is 0 Å². The molecule has 4 heteroatoms. The van der Waals surface area contributed by atoms with Crippen molar-refractivity contribution in [2.45, 2.75) is 39.2 Å². The van der Waals surface area contributed by atoms with E-state index in [4.69, 9.17) is 9.52 Å². The van der Waals surface area contributed by atoms with Gasteiger partial charge in [0.2, 0.25) is 0 Å². The third-order valence-corrected chi connectivity index (χ3v) is 2.96. The van der Waals surface area contributed by atoms with E-state index in [1.54, 1.807) is 13.0 Å². The zero-order chi connectivity index (χ0) is 12.2. The smallest absolute Gasteiger partial charge is 0.255 e. The molecule has 0 spiro atoms. The monoisotopic (exact) mass is 225 g/mol. The Morgan fingerprint density at radius 2 is 2.31 bits per heavy atom. The van der Waals surface area contributed by atoms with Crippen LogP contribution >= 0.6 is 0 Å². The van der Waals surface area contributed by atoms with E-state index in [2.05, 4.69) is 5.32 Å². The molecule has 2 N–H and O–H groups in total. The van der Waals surface area contributed by atoms with Crippen molar-refractivity contribution in [3.05, 3.63) is 23.7 Å². The lowest BCUT2D eigenvalue weighted by Crippen LogP contribution is -2.46. The molecule has 0 aromatic carbocycles. The minimum Gasteiger partial charge on any atom is -0.469 e. The average molecular weight is 225 g/mol. The van der Waals surface area contributed by atoms with Crippen molar-refractivity contribution in [1.82, 2.24) is 5.32 Å².